The summed E-state index contributed by atoms with van der Waals surface area (Å²) in [5, 5.41) is 15.3. The van der Waals surface area contributed by atoms with Crippen molar-refractivity contribution < 1.29 is 19.4 Å². The van der Waals surface area contributed by atoms with E-state index < -0.39 is 24.1 Å². The van der Waals surface area contributed by atoms with Crippen molar-refractivity contribution in [2.45, 2.75) is 18.2 Å². The zero-order valence-electron chi connectivity index (χ0n) is 20.8. The molecule has 4 aromatic carbocycles. The van der Waals surface area contributed by atoms with Crippen molar-refractivity contribution >= 4 is 34.0 Å². The molecule has 0 saturated carbocycles. The van der Waals surface area contributed by atoms with Gasteiger partial charge in [-0.15, -0.1) is 0 Å². The molecule has 1 saturated heterocycles. The molecule has 4 unspecified atom stereocenters. The Balaban J connectivity index is 1.43. The van der Waals surface area contributed by atoms with Gasteiger partial charge in [-0.25, -0.2) is 9.91 Å². The van der Waals surface area contributed by atoms with E-state index in [0.717, 1.165) is 16.5 Å². The Labute approximate surface area is 220 Å². The predicted octanol–water partition coefficient (Wildman–Crippen LogP) is 4.71. The molecule has 1 fully saturated rings. The molecule has 2 aliphatic rings. The zero-order valence-corrected chi connectivity index (χ0v) is 20.8. The fourth-order valence-corrected chi connectivity index (χ4v) is 5.48. The Hall–Kier alpha value is -4.46. The Morgan fingerprint density at radius 3 is 2.16 bits per heavy atom. The first kappa shape index (κ1) is 23.9. The second-order valence-electron chi connectivity index (χ2n) is 9.43. The van der Waals surface area contributed by atoms with Crippen molar-refractivity contribution in [1.29, 1.82) is 0 Å². The van der Waals surface area contributed by atoms with Crippen LogP contribution in [0.25, 0.3) is 10.8 Å². The largest absolute Gasteiger partial charge is 0.496 e. The van der Waals surface area contributed by atoms with Crippen LogP contribution in [-0.2, 0) is 9.59 Å². The summed E-state index contributed by atoms with van der Waals surface area (Å²) < 4.78 is 5.54. The molecule has 2 aliphatic heterocycles. The molecule has 6 rings (SSSR count). The van der Waals surface area contributed by atoms with Crippen molar-refractivity contribution in [3.63, 3.8) is 0 Å². The molecule has 7 heteroatoms. The maximum atomic E-state index is 13.8. The summed E-state index contributed by atoms with van der Waals surface area (Å²) in [4.78, 5) is 28.6. The molecule has 190 valence electrons. The number of fused-ring (bicyclic) bond motifs is 2. The van der Waals surface area contributed by atoms with Gasteiger partial charge in [-0.3, -0.25) is 9.59 Å². The Kier molecular flexibility index (Phi) is 6.15. The summed E-state index contributed by atoms with van der Waals surface area (Å²) in [6.45, 7) is 0. The van der Waals surface area contributed by atoms with Crippen LogP contribution >= 0.6 is 0 Å². The monoisotopic (exact) mass is 505 g/mol. The summed E-state index contributed by atoms with van der Waals surface area (Å²) >= 11 is 0. The van der Waals surface area contributed by atoms with Gasteiger partial charge in [0.1, 0.15) is 17.9 Å². The number of carbonyl (C=O) groups is 2. The third-order valence-electron chi connectivity index (χ3n) is 7.28. The van der Waals surface area contributed by atoms with Crippen molar-refractivity contribution in [3.05, 3.63) is 115 Å². The number of imide groups is 1. The molecule has 4 aromatic rings. The van der Waals surface area contributed by atoms with Crippen LogP contribution < -0.4 is 15.1 Å². The number of rotatable bonds is 6. The third-order valence-corrected chi connectivity index (χ3v) is 7.28. The highest BCUT2D eigenvalue weighted by Crippen LogP contribution is 2.40. The maximum Gasteiger partial charge on any atom is 0.254 e. The number of hydrazine groups is 1. The zero-order chi connectivity index (χ0) is 26.2. The fraction of sp³-hybridized carbons (Fsp3) is 0.161. The number of nitrogens with one attached hydrogen (secondary N) is 1. The van der Waals surface area contributed by atoms with E-state index >= 15 is 0 Å². The van der Waals surface area contributed by atoms with Crippen molar-refractivity contribution in [2.24, 2.45) is 5.92 Å². The number of para-hydroxylation sites is 2. The van der Waals surface area contributed by atoms with E-state index in [9.17, 15) is 14.7 Å². The second kappa shape index (κ2) is 9.78. The lowest BCUT2D eigenvalue weighted by Gasteiger charge is -2.41. The van der Waals surface area contributed by atoms with Gasteiger partial charge in [-0.05, 0) is 41.3 Å². The van der Waals surface area contributed by atoms with Crippen LogP contribution in [0.3, 0.4) is 0 Å². The highest BCUT2D eigenvalue weighted by atomic mass is 16.5. The van der Waals surface area contributed by atoms with Gasteiger partial charge in [0.15, 0.2) is 0 Å². The average molecular weight is 506 g/mol. The number of amides is 2. The molecule has 0 aliphatic carbocycles. The van der Waals surface area contributed by atoms with Crippen LogP contribution in [-0.4, -0.2) is 41.1 Å². The van der Waals surface area contributed by atoms with Gasteiger partial charge in [-0.1, -0.05) is 78.9 Å². The van der Waals surface area contributed by atoms with Crippen molar-refractivity contribution in [3.8, 4) is 5.75 Å². The van der Waals surface area contributed by atoms with Crippen LogP contribution in [0.2, 0.25) is 0 Å². The summed E-state index contributed by atoms with van der Waals surface area (Å²) in [6.07, 6.45) is 2.57. The molecule has 4 atom stereocenters. The minimum atomic E-state index is -1.01. The lowest BCUT2D eigenvalue weighted by atomic mass is 9.89. The number of aliphatic hydroxyl groups is 1. The van der Waals surface area contributed by atoms with Gasteiger partial charge in [0, 0.05) is 11.1 Å². The van der Waals surface area contributed by atoms with Crippen LogP contribution in [0.5, 0.6) is 5.75 Å². The fourth-order valence-electron chi connectivity index (χ4n) is 5.48. The second-order valence-corrected chi connectivity index (χ2v) is 9.43. The predicted molar refractivity (Wildman–Crippen MR) is 147 cm³/mol. The minimum Gasteiger partial charge on any atom is -0.496 e. The number of methoxy groups -OCH3 is 1. The number of aliphatic hydroxyl groups excluding tert-OH is 1. The van der Waals surface area contributed by atoms with Gasteiger partial charge in [0.25, 0.3) is 5.91 Å². The SMILES string of the molecule is COc1ccc(C(O)C2C=CC3C(=O)N(c4ccccc4)C(=O)C3N2Nc2ccccc2)c2ccccc12. The normalized spacial score (nSPS) is 21.9. The summed E-state index contributed by atoms with van der Waals surface area (Å²) in [6, 6.07) is 28.4. The Morgan fingerprint density at radius 1 is 0.789 bits per heavy atom. The van der Waals surface area contributed by atoms with E-state index in [-0.39, 0.29) is 11.8 Å². The van der Waals surface area contributed by atoms with Crippen LogP contribution in [0.15, 0.2) is 109 Å². The maximum absolute atomic E-state index is 13.8. The van der Waals surface area contributed by atoms with E-state index in [4.69, 9.17) is 4.74 Å². The number of ether oxygens (including phenoxy) is 1. The van der Waals surface area contributed by atoms with Gasteiger partial charge in [0.05, 0.1) is 24.8 Å². The molecule has 0 radical (unpaired) electrons. The van der Waals surface area contributed by atoms with Gasteiger partial charge in [-0.2, -0.15) is 0 Å². The number of nitrogens with zero attached hydrogens (tertiary/aromatic N) is 2. The van der Waals surface area contributed by atoms with E-state index in [1.54, 1.807) is 42.5 Å². The first-order chi connectivity index (χ1) is 18.6. The van der Waals surface area contributed by atoms with E-state index in [2.05, 4.69) is 5.43 Å². The smallest absolute Gasteiger partial charge is 0.254 e. The van der Waals surface area contributed by atoms with Crippen LogP contribution in [0, 0.1) is 5.92 Å². The van der Waals surface area contributed by atoms with E-state index in [0.29, 0.717) is 17.0 Å². The van der Waals surface area contributed by atoms with E-state index in [1.165, 1.54) is 4.90 Å². The molecule has 2 amide bonds. The number of hydrogen-bond acceptors (Lipinski definition) is 6. The molecular formula is C31H27N3O4. The first-order valence-corrected chi connectivity index (χ1v) is 12.5. The summed E-state index contributed by atoms with van der Waals surface area (Å²) in [7, 11) is 1.62. The van der Waals surface area contributed by atoms with Gasteiger partial charge < -0.3 is 15.3 Å². The third kappa shape index (κ3) is 3.93. The Morgan fingerprint density at radius 2 is 1.45 bits per heavy atom. The van der Waals surface area contributed by atoms with Crippen LogP contribution in [0.1, 0.15) is 11.7 Å². The average Bonchev–Trinajstić information content (AvgIpc) is 3.22. The standard InChI is InChI=1S/C31H27N3O4/c1-38-27-19-17-24(22-14-8-9-15-23(22)27)29(35)26-18-16-25-28(34(26)32-20-10-4-2-5-11-20)31(37)33(30(25)36)21-12-6-3-7-13-21/h2-19,25-26,28-29,32,35H,1H3. The molecule has 0 spiro atoms. The Bertz CT molecular complexity index is 1520. The highest BCUT2D eigenvalue weighted by Gasteiger charge is 2.54. The molecule has 2 N–H and O–H groups in total. The number of hydrogen-bond donors (Lipinski definition) is 2. The molecular weight excluding hydrogens is 478 g/mol. The van der Waals surface area contributed by atoms with Crippen LogP contribution in [0.4, 0.5) is 11.4 Å². The topological polar surface area (TPSA) is 82.1 Å². The van der Waals surface area contributed by atoms with Gasteiger partial charge >= 0.3 is 0 Å². The summed E-state index contributed by atoms with van der Waals surface area (Å²) in [5.74, 6) is -0.596. The van der Waals surface area contributed by atoms with E-state index in [1.807, 2.05) is 78.9 Å². The minimum absolute atomic E-state index is 0.287. The first-order valence-electron chi connectivity index (χ1n) is 12.5. The molecule has 0 aromatic heterocycles. The summed E-state index contributed by atoms with van der Waals surface area (Å²) in [5.41, 5.74) is 5.32. The van der Waals surface area contributed by atoms with Crippen molar-refractivity contribution in [2.75, 3.05) is 17.4 Å². The molecule has 0 bridgehead atoms. The molecule has 2 heterocycles. The van der Waals surface area contributed by atoms with Crippen molar-refractivity contribution in [1.82, 2.24) is 5.01 Å². The van der Waals surface area contributed by atoms with Gasteiger partial charge in [0.2, 0.25) is 5.91 Å². The number of carbonyl (C=O) groups excluding carboxylic acids is 2. The molecule has 7 nitrogen and oxygen atoms in total. The lowest BCUT2D eigenvalue weighted by Crippen LogP contribution is -2.55. The molecule has 38 heavy (non-hydrogen) atoms. The number of anilines is 2. The number of benzene rings is 4. The quantitative estimate of drug-likeness (QED) is 0.292. The lowest BCUT2D eigenvalue weighted by molar-refractivity contribution is -0.123. The highest BCUT2D eigenvalue weighted by molar-refractivity contribution is 6.24.